The molecule has 0 aromatic heterocycles. The standard InChI is InChI=1S/C22H32Cl2N/c1-16-8-7-13-22(3,4)19(16)11-9-17(2)25(5,6)15-18-10-12-20(23)21(24)14-18/h8-12,14,17,19H,7,13,15H2,1-6H3/q+1/b11-9+. The average Bonchev–Trinajstić information content (AvgIpc) is 2.49. The van der Waals surface area contributed by atoms with Crippen molar-refractivity contribution in [3.63, 3.8) is 0 Å². The maximum absolute atomic E-state index is 6.17. The molecule has 0 saturated carbocycles. The zero-order valence-corrected chi connectivity index (χ0v) is 18.0. The molecule has 1 aromatic carbocycles. The van der Waals surface area contributed by atoms with Crippen molar-refractivity contribution in [2.45, 2.75) is 53.1 Å². The van der Waals surface area contributed by atoms with E-state index < -0.39 is 0 Å². The highest BCUT2D eigenvalue weighted by Gasteiger charge is 2.31. The van der Waals surface area contributed by atoms with E-state index in [-0.39, 0.29) is 0 Å². The van der Waals surface area contributed by atoms with Gasteiger partial charge in [0, 0.05) is 11.5 Å². The number of halogens is 2. The molecule has 2 unspecified atom stereocenters. The molecule has 0 bridgehead atoms. The number of hydrogen-bond donors (Lipinski definition) is 0. The van der Waals surface area contributed by atoms with Gasteiger partial charge in [0.25, 0.3) is 0 Å². The molecular weight excluding hydrogens is 349 g/mol. The van der Waals surface area contributed by atoms with Crippen LogP contribution < -0.4 is 0 Å². The van der Waals surface area contributed by atoms with Crippen LogP contribution in [0.15, 0.2) is 42.0 Å². The largest absolute Gasteiger partial charge is 0.319 e. The Morgan fingerprint density at radius 3 is 2.52 bits per heavy atom. The number of allylic oxidation sites excluding steroid dienone is 3. The molecule has 0 heterocycles. The highest BCUT2D eigenvalue weighted by atomic mass is 35.5. The summed E-state index contributed by atoms with van der Waals surface area (Å²) in [6, 6.07) is 6.36. The zero-order chi connectivity index (χ0) is 18.8. The Morgan fingerprint density at radius 2 is 1.92 bits per heavy atom. The summed E-state index contributed by atoms with van der Waals surface area (Å²) in [6.07, 6.45) is 9.70. The third kappa shape index (κ3) is 5.12. The van der Waals surface area contributed by atoms with Crippen molar-refractivity contribution < 1.29 is 4.48 Å². The van der Waals surface area contributed by atoms with Gasteiger partial charge in [0.15, 0.2) is 0 Å². The summed E-state index contributed by atoms with van der Waals surface area (Å²) >= 11 is 12.2. The highest BCUT2D eigenvalue weighted by molar-refractivity contribution is 6.42. The van der Waals surface area contributed by atoms with Gasteiger partial charge in [0.2, 0.25) is 0 Å². The zero-order valence-electron chi connectivity index (χ0n) is 16.4. The van der Waals surface area contributed by atoms with Crippen molar-refractivity contribution in [3.05, 3.63) is 57.6 Å². The molecule has 1 aliphatic carbocycles. The van der Waals surface area contributed by atoms with E-state index in [0.29, 0.717) is 27.4 Å². The van der Waals surface area contributed by atoms with E-state index in [0.717, 1.165) is 11.0 Å². The first-order valence-electron chi connectivity index (χ1n) is 9.14. The second-order valence-corrected chi connectivity index (χ2v) is 9.58. The molecule has 2 rings (SSSR count). The molecular formula is C22H32Cl2N+. The van der Waals surface area contributed by atoms with E-state index in [1.54, 1.807) is 0 Å². The highest BCUT2D eigenvalue weighted by Crippen LogP contribution is 2.41. The number of rotatable bonds is 5. The Balaban J connectivity index is 2.12. The minimum Gasteiger partial charge on any atom is -0.319 e. The molecule has 0 amide bonds. The number of benzene rings is 1. The summed E-state index contributed by atoms with van der Waals surface area (Å²) in [5.41, 5.74) is 3.07. The van der Waals surface area contributed by atoms with Gasteiger partial charge >= 0.3 is 0 Å². The van der Waals surface area contributed by atoms with Crippen LogP contribution in [0.3, 0.4) is 0 Å². The molecule has 2 atom stereocenters. The third-order valence-electron chi connectivity index (χ3n) is 5.85. The summed E-state index contributed by atoms with van der Waals surface area (Å²) in [6.45, 7) is 10.3. The second kappa shape index (κ2) is 7.86. The van der Waals surface area contributed by atoms with Crippen LogP contribution in [0.4, 0.5) is 0 Å². The molecule has 0 saturated heterocycles. The topological polar surface area (TPSA) is 0 Å². The lowest BCUT2D eigenvalue weighted by atomic mass is 9.68. The molecule has 1 nitrogen and oxygen atoms in total. The van der Waals surface area contributed by atoms with Crippen LogP contribution in [-0.2, 0) is 6.54 Å². The van der Waals surface area contributed by atoms with E-state index in [4.69, 9.17) is 23.2 Å². The van der Waals surface area contributed by atoms with Gasteiger partial charge in [-0.1, -0.05) is 60.8 Å². The quantitative estimate of drug-likeness (QED) is 0.384. The second-order valence-electron chi connectivity index (χ2n) is 8.76. The van der Waals surface area contributed by atoms with E-state index >= 15 is 0 Å². The molecule has 3 heteroatoms. The van der Waals surface area contributed by atoms with Crippen molar-refractivity contribution in [2.75, 3.05) is 14.1 Å². The van der Waals surface area contributed by atoms with E-state index in [1.165, 1.54) is 24.0 Å². The monoisotopic (exact) mass is 380 g/mol. The molecule has 0 N–H and O–H groups in total. The van der Waals surface area contributed by atoms with Crippen LogP contribution in [0, 0.1) is 11.3 Å². The van der Waals surface area contributed by atoms with Gasteiger partial charge in [-0.05, 0) is 50.3 Å². The van der Waals surface area contributed by atoms with E-state index in [2.05, 4.69) is 66.1 Å². The SMILES string of the molecule is CC1=CCCC(C)(C)C1/C=C/C(C)[N+](C)(C)Cc1ccc(Cl)c(Cl)c1. The summed E-state index contributed by atoms with van der Waals surface area (Å²) < 4.78 is 0.879. The van der Waals surface area contributed by atoms with Crippen molar-refractivity contribution in [3.8, 4) is 0 Å². The van der Waals surface area contributed by atoms with Crippen LogP contribution in [-0.4, -0.2) is 24.6 Å². The Bertz CT molecular complexity index is 671. The molecule has 0 radical (unpaired) electrons. The molecule has 0 spiro atoms. The summed E-state index contributed by atoms with van der Waals surface area (Å²) in [5, 5.41) is 1.25. The number of hydrogen-bond acceptors (Lipinski definition) is 0. The molecule has 0 fully saturated rings. The van der Waals surface area contributed by atoms with Crippen LogP contribution in [0.25, 0.3) is 0 Å². The molecule has 1 aromatic rings. The number of nitrogens with zero attached hydrogens (tertiary/aromatic N) is 1. The first-order valence-corrected chi connectivity index (χ1v) is 9.90. The molecule has 0 aliphatic heterocycles. The lowest BCUT2D eigenvalue weighted by Crippen LogP contribution is -2.45. The fourth-order valence-electron chi connectivity index (χ4n) is 3.74. The first-order chi connectivity index (χ1) is 11.5. The third-order valence-corrected chi connectivity index (χ3v) is 6.59. The van der Waals surface area contributed by atoms with E-state index in [1.807, 2.05) is 12.1 Å². The van der Waals surface area contributed by atoms with Gasteiger partial charge in [-0.2, -0.15) is 0 Å². The Kier molecular flexibility index (Phi) is 6.46. The van der Waals surface area contributed by atoms with Gasteiger partial charge in [-0.15, -0.1) is 0 Å². The van der Waals surface area contributed by atoms with Crippen LogP contribution >= 0.6 is 23.2 Å². The van der Waals surface area contributed by atoms with Gasteiger partial charge in [-0.25, -0.2) is 0 Å². The smallest absolute Gasteiger partial charge is 0.105 e. The summed E-state index contributed by atoms with van der Waals surface area (Å²) in [5.74, 6) is 0.536. The van der Waals surface area contributed by atoms with Gasteiger partial charge in [0.05, 0.1) is 24.1 Å². The Morgan fingerprint density at radius 1 is 1.24 bits per heavy atom. The normalized spacial score (nSPS) is 22.1. The van der Waals surface area contributed by atoms with Gasteiger partial charge in [0.1, 0.15) is 12.6 Å². The summed E-state index contributed by atoms with van der Waals surface area (Å²) in [7, 11) is 4.54. The van der Waals surface area contributed by atoms with Gasteiger partial charge < -0.3 is 4.48 Å². The van der Waals surface area contributed by atoms with Crippen molar-refractivity contribution in [2.24, 2.45) is 11.3 Å². The number of quaternary nitrogens is 1. The minimum atomic E-state index is 0.343. The Labute approximate surface area is 163 Å². The maximum atomic E-state index is 6.17. The summed E-state index contributed by atoms with van der Waals surface area (Å²) in [4.78, 5) is 0. The minimum absolute atomic E-state index is 0.343. The molecule has 25 heavy (non-hydrogen) atoms. The molecule has 138 valence electrons. The van der Waals surface area contributed by atoms with Crippen LogP contribution in [0.5, 0.6) is 0 Å². The lowest BCUT2D eigenvalue weighted by molar-refractivity contribution is -0.919. The van der Waals surface area contributed by atoms with Crippen LogP contribution in [0.2, 0.25) is 10.0 Å². The molecule has 1 aliphatic rings. The predicted octanol–water partition coefficient (Wildman–Crippen LogP) is 6.90. The van der Waals surface area contributed by atoms with Gasteiger partial charge in [-0.3, -0.25) is 0 Å². The Hall–Kier alpha value is -0.760. The lowest BCUT2D eigenvalue weighted by Gasteiger charge is -2.38. The average molecular weight is 381 g/mol. The predicted molar refractivity (Wildman–Crippen MR) is 111 cm³/mol. The van der Waals surface area contributed by atoms with Crippen molar-refractivity contribution in [1.29, 1.82) is 0 Å². The fraction of sp³-hybridized carbons (Fsp3) is 0.545. The van der Waals surface area contributed by atoms with Crippen molar-refractivity contribution in [1.82, 2.24) is 0 Å². The number of likely N-dealkylation sites (N-methyl/N-ethyl adjacent to an activating group) is 1. The first kappa shape index (κ1) is 20.6. The van der Waals surface area contributed by atoms with Crippen LogP contribution in [0.1, 0.15) is 46.1 Å². The van der Waals surface area contributed by atoms with E-state index in [9.17, 15) is 0 Å². The fourth-order valence-corrected chi connectivity index (χ4v) is 4.06. The van der Waals surface area contributed by atoms with Crippen molar-refractivity contribution >= 4 is 23.2 Å². The maximum Gasteiger partial charge on any atom is 0.105 e.